The van der Waals surface area contributed by atoms with Crippen molar-refractivity contribution in [3.63, 3.8) is 0 Å². The third-order valence-corrected chi connectivity index (χ3v) is 3.69. The van der Waals surface area contributed by atoms with Crippen LogP contribution in [0.1, 0.15) is 33.4 Å². The van der Waals surface area contributed by atoms with Gasteiger partial charge in [-0.3, -0.25) is 4.98 Å². The van der Waals surface area contributed by atoms with Crippen molar-refractivity contribution < 1.29 is 14.0 Å². The summed E-state index contributed by atoms with van der Waals surface area (Å²) >= 11 is 0. The van der Waals surface area contributed by atoms with Crippen molar-refractivity contribution in [2.75, 3.05) is 7.11 Å². The minimum atomic E-state index is -0.339. The van der Waals surface area contributed by atoms with E-state index in [1.807, 2.05) is 51.9 Å². The third-order valence-electron chi connectivity index (χ3n) is 3.69. The lowest BCUT2D eigenvalue weighted by molar-refractivity contribution is 0.00578. The van der Waals surface area contributed by atoms with E-state index in [0.29, 0.717) is 0 Å². The Kier molecular flexibility index (Phi) is 3.70. The summed E-state index contributed by atoms with van der Waals surface area (Å²) in [5.74, 6) is 2.62. The highest BCUT2D eigenvalue weighted by atomic mass is 16.7. The van der Waals surface area contributed by atoms with Crippen LogP contribution in [0.4, 0.5) is 0 Å². The first-order valence-corrected chi connectivity index (χ1v) is 6.38. The van der Waals surface area contributed by atoms with Crippen LogP contribution >= 0.6 is 0 Å². The number of methoxy groups -OCH3 is 1. The zero-order chi connectivity index (χ0) is 14.1. The average Bonchev–Trinajstić information content (AvgIpc) is 2.56. The summed E-state index contributed by atoms with van der Waals surface area (Å²) in [5, 5.41) is 0. The van der Waals surface area contributed by atoms with Gasteiger partial charge in [-0.2, -0.15) is 0 Å². The molecular formula is C14H20BNO3. The summed E-state index contributed by atoms with van der Waals surface area (Å²) < 4.78 is 16.8. The second-order valence-electron chi connectivity index (χ2n) is 5.61. The molecule has 0 radical (unpaired) electrons. The Bertz CT molecular complexity index is 452. The van der Waals surface area contributed by atoms with Crippen LogP contribution in [0.3, 0.4) is 0 Å². The SMILES string of the molecule is COc1ccc(/C=C/B2OC(C)(C)C(C)(C)O2)nc1. The van der Waals surface area contributed by atoms with Crippen molar-refractivity contribution in [3.05, 3.63) is 30.0 Å². The van der Waals surface area contributed by atoms with Crippen LogP contribution in [0.25, 0.3) is 6.08 Å². The van der Waals surface area contributed by atoms with Crippen molar-refractivity contribution in [2.45, 2.75) is 38.9 Å². The highest BCUT2D eigenvalue weighted by Gasteiger charge is 2.49. The van der Waals surface area contributed by atoms with E-state index in [2.05, 4.69) is 4.98 Å². The minimum Gasteiger partial charge on any atom is -0.495 e. The molecular weight excluding hydrogens is 241 g/mol. The molecule has 1 fully saturated rings. The summed E-state index contributed by atoms with van der Waals surface area (Å²) in [7, 11) is 1.28. The average molecular weight is 261 g/mol. The maximum atomic E-state index is 5.87. The van der Waals surface area contributed by atoms with Gasteiger partial charge >= 0.3 is 7.12 Å². The minimum absolute atomic E-state index is 0.310. The number of pyridine rings is 1. The number of hydrogen-bond donors (Lipinski definition) is 0. The van der Waals surface area contributed by atoms with Gasteiger partial charge < -0.3 is 14.0 Å². The predicted molar refractivity (Wildman–Crippen MR) is 75.9 cm³/mol. The molecule has 0 saturated carbocycles. The lowest BCUT2D eigenvalue weighted by Crippen LogP contribution is -2.41. The highest BCUT2D eigenvalue weighted by Crippen LogP contribution is 2.36. The Morgan fingerprint density at radius 1 is 1.16 bits per heavy atom. The summed E-state index contributed by atoms with van der Waals surface area (Å²) in [6.07, 6.45) is 3.57. The fourth-order valence-corrected chi connectivity index (χ4v) is 1.76. The monoisotopic (exact) mass is 261 g/mol. The molecule has 2 rings (SSSR count). The molecule has 4 nitrogen and oxygen atoms in total. The van der Waals surface area contributed by atoms with Crippen LogP contribution in [0.5, 0.6) is 5.75 Å². The summed E-state index contributed by atoms with van der Waals surface area (Å²) in [6.45, 7) is 8.14. The van der Waals surface area contributed by atoms with E-state index in [9.17, 15) is 0 Å². The van der Waals surface area contributed by atoms with Gasteiger partial charge in [0.2, 0.25) is 0 Å². The van der Waals surface area contributed by atoms with Crippen molar-refractivity contribution in [2.24, 2.45) is 0 Å². The van der Waals surface area contributed by atoms with Crippen LogP contribution in [0.15, 0.2) is 24.3 Å². The molecule has 0 N–H and O–H groups in total. The fourth-order valence-electron chi connectivity index (χ4n) is 1.76. The van der Waals surface area contributed by atoms with E-state index in [1.54, 1.807) is 13.3 Å². The molecule has 0 unspecified atom stereocenters. The molecule has 1 saturated heterocycles. The molecule has 1 aliphatic rings. The first kappa shape index (κ1) is 14.1. The lowest BCUT2D eigenvalue weighted by Gasteiger charge is -2.32. The van der Waals surface area contributed by atoms with Gasteiger partial charge in [0.1, 0.15) is 5.75 Å². The molecule has 1 aromatic rings. The predicted octanol–water partition coefficient (Wildman–Crippen LogP) is 2.73. The molecule has 19 heavy (non-hydrogen) atoms. The van der Waals surface area contributed by atoms with Crippen molar-refractivity contribution in [3.8, 4) is 5.75 Å². The Balaban J connectivity index is 2.04. The molecule has 2 heterocycles. The van der Waals surface area contributed by atoms with Crippen molar-refractivity contribution in [1.29, 1.82) is 0 Å². The van der Waals surface area contributed by atoms with Crippen molar-refractivity contribution in [1.82, 2.24) is 4.98 Å². The van der Waals surface area contributed by atoms with E-state index in [1.165, 1.54) is 0 Å². The summed E-state index contributed by atoms with van der Waals surface area (Å²) in [4.78, 5) is 4.26. The maximum absolute atomic E-state index is 5.87. The van der Waals surface area contributed by atoms with E-state index in [-0.39, 0.29) is 18.3 Å². The Hall–Kier alpha value is -1.33. The van der Waals surface area contributed by atoms with Crippen LogP contribution < -0.4 is 4.74 Å². The molecule has 0 amide bonds. The number of aromatic nitrogens is 1. The van der Waals surface area contributed by atoms with Crippen LogP contribution in [0, 0.1) is 0 Å². The Morgan fingerprint density at radius 3 is 2.26 bits per heavy atom. The fraction of sp³-hybridized carbons (Fsp3) is 0.500. The molecule has 0 atom stereocenters. The van der Waals surface area contributed by atoms with E-state index < -0.39 is 0 Å². The van der Waals surface area contributed by atoms with Gasteiger partial charge in [-0.15, -0.1) is 0 Å². The second-order valence-corrected chi connectivity index (χ2v) is 5.61. The first-order valence-electron chi connectivity index (χ1n) is 6.38. The molecule has 0 spiro atoms. The van der Waals surface area contributed by atoms with E-state index in [4.69, 9.17) is 14.0 Å². The summed E-state index contributed by atoms with van der Waals surface area (Å²) in [5.41, 5.74) is 0.223. The van der Waals surface area contributed by atoms with Crippen LogP contribution in [-0.4, -0.2) is 30.4 Å². The maximum Gasteiger partial charge on any atom is 0.487 e. The Labute approximate surface area is 114 Å². The van der Waals surface area contributed by atoms with E-state index >= 15 is 0 Å². The van der Waals surface area contributed by atoms with Gasteiger partial charge in [-0.1, -0.05) is 5.98 Å². The molecule has 1 aliphatic heterocycles. The number of nitrogens with zero attached hydrogens (tertiary/aromatic N) is 1. The zero-order valence-corrected chi connectivity index (χ0v) is 12.1. The van der Waals surface area contributed by atoms with Gasteiger partial charge in [0.15, 0.2) is 0 Å². The van der Waals surface area contributed by atoms with Gasteiger partial charge in [0.05, 0.1) is 30.2 Å². The van der Waals surface area contributed by atoms with Gasteiger partial charge in [0.25, 0.3) is 0 Å². The normalized spacial score (nSPS) is 21.0. The van der Waals surface area contributed by atoms with Gasteiger partial charge in [0, 0.05) is 0 Å². The van der Waals surface area contributed by atoms with Crippen LogP contribution in [0.2, 0.25) is 0 Å². The number of ether oxygens (including phenoxy) is 1. The molecule has 5 heteroatoms. The number of rotatable bonds is 3. The zero-order valence-electron chi connectivity index (χ0n) is 12.1. The molecule has 0 aliphatic carbocycles. The van der Waals surface area contributed by atoms with Gasteiger partial charge in [-0.05, 0) is 45.9 Å². The largest absolute Gasteiger partial charge is 0.495 e. The van der Waals surface area contributed by atoms with Gasteiger partial charge in [-0.25, -0.2) is 0 Å². The smallest absolute Gasteiger partial charge is 0.487 e. The standard InChI is InChI=1S/C14H20BNO3/c1-13(2)14(3,4)19-15(18-13)9-8-11-6-7-12(17-5)10-16-11/h6-10H,1-5H3/b9-8+. The first-order chi connectivity index (χ1) is 8.84. The molecule has 102 valence electrons. The lowest BCUT2D eigenvalue weighted by atomic mass is 9.89. The third kappa shape index (κ3) is 2.99. The second kappa shape index (κ2) is 4.98. The number of hydrogen-bond acceptors (Lipinski definition) is 4. The molecule has 1 aromatic heterocycles. The Morgan fingerprint density at radius 2 is 1.79 bits per heavy atom. The quantitative estimate of drug-likeness (QED) is 0.784. The molecule has 0 bridgehead atoms. The topological polar surface area (TPSA) is 40.6 Å². The van der Waals surface area contributed by atoms with Crippen molar-refractivity contribution >= 4 is 13.2 Å². The van der Waals surface area contributed by atoms with Crippen LogP contribution in [-0.2, 0) is 9.31 Å². The molecule has 0 aromatic carbocycles. The highest BCUT2D eigenvalue weighted by molar-refractivity contribution is 6.52. The van der Waals surface area contributed by atoms with E-state index in [0.717, 1.165) is 11.4 Å². The summed E-state index contributed by atoms with van der Waals surface area (Å²) in [6, 6.07) is 3.76.